The van der Waals surface area contributed by atoms with E-state index in [0.29, 0.717) is 5.41 Å². The van der Waals surface area contributed by atoms with Gasteiger partial charge in [0.05, 0.1) is 0 Å². The summed E-state index contributed by atoms with van der Waals surface area (Å²) >= 11 is 0. The van der Waals surface area contributed by atoms with Crippen LogP contribution in [-0.4, -0.2) is 0 Å². The molecule has 6 atom stereocenters. The molecule has 4 aliphatic rings. The van der Waals surface area contributed by atoms with E-state index >= 15 is 0 Å². The summed E-state index contributed by atoms with van der Waals surface area (Å²) in [7, 11) is 0. The van der Waals surface area contributed by atoms with Crippen LogP contribution in [-0.2, 0) is 0 Å². The molecule has 6 unspecified atom stereocenters. The van der Waals surface area contributed by atoms with Crippen LogP contribution in [0.15, 0.2) is 12.2 Å². The molecule has 0 N–H and O–H groups in total. The second-order valence-corrected chi connectivity index (χ2v) is 14.0. The minimum Gasteiger partial charge on any atom is -0.100 e. The summed E-state index contributed by atoms with van der Waals surface area (Å²) in [6, 6.07) is 0. The summed E-state index contributed by atoms with van der Waals surface area (Å²) < 4.78 is 0. The zero-order chi connectivity index (χ0) is 33.4. The summed E-state index contributed by atoms with van der Waals surface area (Å²) in [5.74, 6) is 6.58. The Bertz CT molecular complexity index is 425. The second kappa shape index (κ2) is 35.9. The molecule has 41 heavy (non-hydrogen) atoms. The molecule has 4 rings (SSSR count). The smallest absolute Gasteiger partial charge is 0.0359 e. The van der Waals surface area contributed by atoms with Crippen LogP contribution >= 0.6 is 0 Å². The first-order valence-corrected chi connectivity index (χ1v) is 18.9. The average molecular weight is 583 g/mol. The molecule has 0 heterocycles. The van der Waals surface area contributed by atoms with Crippen LogP contribution in [0, 0.1) is 40.9 Å². The lowest BCUT2D eigenvalue weighted by atomic mass is 9.88. The Morgan fingerprint density at radius 2 is 0.854 bits per heavy atom. The molecule has 0 amide bonds. The molecule has 0 aromatic rings. The Labute approximate surface area is 267 Å². The van der Waals surface area contributed by atoms with E-state index in [9.17, 15) is 0 Å². The Kier molecular flexibility index (Phi) is 44.1. The second-order valence-electron chi connectivity index (χ2n) is 14.0. The maximum absolute atomic E-state index is 3.56. The van der Waals surface area contributed by atoms with Gasteiger partial charge >= 0.3 is 0 Å². The predicted molar refractivity (Wildman–Crippen MR) is 199 cm³/mol. The predicted octanol–water partition coefficient (Wildman–Crippen LogP) is 16.0. The molecule has 0 nitrogen and oxygen atoms in total. The van der Waals surface area contributed by atoms with Gasteiger partial charge in [-0.25, -0.2) is 0 Å². The normalized spacial score (nSPS) is 25.5. The number of fused-ring (bicyclic) bond motifs is 1. The van der Waals surface area contributed by atoms with E-state index in [1.807, 2.05) is 41.5 Å². The van der Waals surface area contributed by atoms with Crippen LogP contribution in [0.5, 0.6) is 0 Å². The Morgan fingerprint density at radius 1 is 0.585 bits per heavy atom. The summed E-state index contributed by atoms with van der Waals surface area (Å²) in [5.41, 5.74) is 1.75. The van der Waals surface area contributed by atoms with Gasteiger partial charge in [0, 0.05) is 0 Å². The lowest BCUT2D eigenvalue weighted by Crippen LogP contribution is -2.05. The molecule has 0 spiro atoms. The van der Waals surface area contributed by atoms with Crippen molar-refractivity contribution in [1.29, 1.82) is 0 Å². The van der Waals surface area contributed by atoms with Gasteiger partial charge < -0.3 is 0 Å². The van der Waals surface area contributed by atoms with Crippen molar-refractivity contribution in [3.05, 3.63) is 12.2 Å². The quantitative estimate of drug-likeness (QED) is 0.229. The highest BCUT2D eigenvalue weighted by Crippen LogP contribution is 2.55. The number of unbranched alkanes of at least 4 members (excludes halogenated alkanes) is 1. The third kappa shape index (κ3) is 46.9. The lowest BCUT2D eigenvalue weighted by molar-refractivity contribution is 0.338. The van der Waals surface area contributed by atoms with Crippen molar-refractivity contribution in [3.63, 3.8) is 0 Å². The first kappa shape index (κ1) is 50.4. The molecule has 0 radical (unpaired) electrons. The minimum atomic E-state index is 0.583. The Morgan fingerprint density at radius 3 is 0.951 bits per heavy atom. The third-order valence-electron chi connectivity index (χ3n) is 8.45. The molecule has 0 saturated heterocycles. The van der Waals surface area contributed by atoms with Crippen LogP contribution in [0.3, 0.4) is 0 Å². The van der Waals surface area contributed by atoms with Crippen molar-refractivity contribution >= 4 is 0 Å². The standard InChI is InChI=1S/C9H18.C7H16.C5H8.C5H10.C4H8.C4H10.C3H8.2C2H6/c1-8-4-3-5-9(2)7-6-8;1-5-7(3,4)6-2;1-2-5-3-4(1)5;1-4-3-5(4)2;1-4(2)3;1-3-4-2;1-3-2;2*1-2/h8-9H,3-7H2,1-2H3;5-6H2,1-4H3;4-5H,1-3H2;4-5H,3H2,1-2H3;1H2,2-3H3;3-4H2,1-2H3;3H2,1-2H3;2*1-2H3. The number of hydrogen-bond donors (Lipinski definition) is 0. The van der Waals surface area contributed by atoms with E-state index in [2.05, 4.69) is 89.7 Å². The molecule has 4 fully saturated rings. The first-order valence-electron chi connectivity index (χ1n) is 18.9. The Balaban J connectivity index is -0.000000124. The summed E-state index contributed by atoms with van der Waals surface area (Å²) in [5, 5.41) is 0. The van der Waals surface area contributed by atoms with E-state index in [4.69, 9.17) is 0 Å². The van der Waals surface area contributed by atoms with Crippen LogP contribution in [0.1, 0.15) is 215 Å². The van der Waals surface area contributed by atoms with Crippen LogP contribution in [0.25, 0.3) is 0 Å². The first-order chi connectivity index (χ1) is 19.2. The van der Waals surface area contributed by atoms with E-state index in [1.54, 1.807) is 19.3 Å². The topological polar surface area (TPSA) is 0 Å². The highest BCUT2D eigenvalue weighted by molar-refractivity contribution is 4.95. The van der Waals surface area contributed by atoms with E-state index in [0.717, 1.165) is 23.7 Å². The number of hydrogen-bond acceptors (Lipinski definition) is 0. The van der Waals surface area contributed by atoms with Gasteiger partial charge in [-0.2, -0.15) is 0 Å². The van der Waals surface area contributed by atoms with Gasteiger partial charge in [0.15, 0.2) is 0 Å². The summed E-state index contributed by atoms with van der Waals surface area (Å²) in [6.45, 7) is 42.6. The molecular formula is C41H90. The van der Waals surface area contributed by atoms with Crippen molar-refractivity contribution in [3.8, 4) is 0 Å². The lowest BCUT2D eigenvalue weighted by Gasteiger charge is -2.18. The van der Waals surface area contributed by atoms with E-state index in [-0.39, 0.29) is 0 Å². The molecule has 0 aromatic carbocycles. The van der Waals surface area contributed by atoms with E-state index in [1.165, 1.54) is 88.0 Å². The largest absolute Gasteiger partial charge is 0.100 e. The van der Waals surface area contributed by atoms with Crippen LogP contribution in [0.4, 0.5) is 0 Å². The molecule has 0 aromatic heterocycles. The van der Waals surface area contributed by atoms with Crippen molar-refractivity contribution in [2.75, 3.05) is 0 Å². The zero-order valence-electron chi connectivity index (χ0n) is 33.1. The minimum absolute atomic E-state index is 0.583. The van der Waals surface area contributed by atoms with Gasteiger partial charge in [0.25, 0.3) is 0 Å². The third-order valence-corrected chi connectivity index (χ3v) is 8.45. The van der Waals surface area contributed by atoms with Gasteiger partial charge in [-0.15, -0.1) is 6.58 Å². The fraction of sp³-hybridized carbons (Fsp3) is 0.951. The maximum atomic E-state index is 3.56. The van der Waals surface area contributed by atoms with Crippen molar-refractivity contribution in [1.82, 2.24) is 0 Å². The van der Waals surface area contributed by atoms with E-state index < -0.39 is 0 Å². The molecule has 0 aliphatic heterocycles. The molecule has 0 heteroatoms. The van der Waals surface area contributed by atoms with Crippen molar-refractivity contribution in [2.24, 2.45) is 40.9 Å². The molecule has 4 saturated carbocycles. The molecule has 0 bridgehead atoms. The number of rotatable bonds is 3. The van der Waals surface area contributed by atoms with Crippen LogP contribution in [0.2, 0.25) is 0 Å². The fourth-order valence-electron chi connectivity index (χ4n) is 3.61. The SMILES string of the molecule is C1CC2CC12.C=C(C)C.CC.CC.CC1CC1C.CC1CCCC(C)CC1.CCC.CCC(C)(C)CC.CCCC. The van der Waals surface area contributed by atoms with Crippen molar-refractivity contribution in [2.45, 2.75) is 215 Å². The van der Waals surface area contributed by atoms with Gasteiger partial charge in [-0.1, -0.05) is 181 Å². The maximum Gasteiger partial charge on any atom is -0.0359 e. The van der Waals surface area contributed by atoms with Gasteiger partial charge in [0.2, 0.25) is 0 Å². The highest BCUT2D eigenvalue weighted by Gasteiger charge is 2.44. The monoisotopic (exact) mass is 583 g/mol. The molecule has 4 aliphatic carbocycles. The average Bonchev–Trinajstić information content (AvgIpc) is 3.81. The molecular weight excluding hydrogens is 492 g/mol. The summed E-state index contributed by atoms with van der Waals surface area (Å²) in [6.07, 6.45) is 20.0. The fourth-order valence-corrected chi connectivity index (χ4v) is 3.61. The zero-order valence-corrected chi connectivity index (χ0v) is 33.1. The number of allylic oxidation sites excluding steroid dienone is 1. The van der Waals surface area contributed by atoms with Crippen LogP contribution < -0.4 is 0 Å². The van der Waals surface area contributed by atoms with Crippen molar-refractivity contribution < 1.29 is 0 Å². The molecule has 254 valence electrons. The highest BCUT2D eigenvalue weighted by atomic mass is 14.5. The van der Waals surface area contributed by atoms with Gasteiger partial charge in [0.1, 0.15) is 0 Å². The van der Waals surface area contributed by atoms with Gasteiger partial charge in [-0.05, 0) is 80.5 Å². The van der Waals surface area contributed by atoms with Gasteiger partial charge in [-0.3, -0.25) is 0 Å². The summed E-state index contributed by atoms with van der Waals surface area (Å²) in [4.78, 5) is 0. The Hall–Kier alpha value is -0.260.